The van der Waals surface area contributed by atoms with Crippen LogP contribution in [0.3, 0.4) is 0 Å². The van der Waals surface area contributed by atoms with Gasteiger partial charge in [-0.05, 0) is 62.0 Å². The number of aliphatic carboxylic acids is 2. The van der Waals surface area contributed by atoms with Crippen LogP contribution < -0.4 is 15.6 Å². The van der Waals surface area contributed by atoms with Gasteiger partial charge in [-0.1, -0.05) is 11.8 Å². The number of thioether (sulfide) groups is 1. The van der Waals surface area contributed by atoms with Crippen LogP contribution in [0, 0.1) is 5.82 Å². The summed E-state index contributed by atoms with van der Waals surface area (Å²) in [6, 6.07) is 9.13. The van der Waals surface area contributed by atoms with E-state index in [2.05, 4.69) is 21.3 Å². The summed E-state index contributed by atoms with van der Waals surface area (Å²) < 4.78 is 21.7. The van der Waals surface area contributed by atoms with Gasteiger partial charge in [-0.2, -0.15) is 0 Å². The van der Waals surface area contributed by atoms with E-state index in [1.807, 2.05) is 6.20 Å². The lowest BCUT2D eigenvalue weighted by Gasteiger charge is -2.32. The third kappa shape index (κ3) is 7.68. The van der Waals surface area contributed by atoms with E-state index in [0.717, 1.165) is 55.9 Å². The van der Waals surface area contributed by atoms with Crippen molar-refractivity contribution in [3.63, 3.8) is 0 Å². The number of aromatic nitrogens is 2. The molecule has 1 aromatic carbocycles. The zero-order chi connectivity index (χ0) is 28.6. The normalized spacial score (nSPS) is 15.4. The van der Waals surface area contributed by atoms with Crippen LogP contribution in [0.5, 0.6) is 5.75 Å². The highest BCUT2D eigenvalue weighted by molar-refractivity contribution is 7.99. The lowest BCUT2D eigenvalue weighted by Crippen LogP contribution is -2.43. The number of hydrogen-bond donors (Lipinski definition) is 3. The lowest BCUT2D eigenvalue weighted by molar-refractivity contribution is -0.134. The molecule has 2 aromatic heterocycles. The topological polar surface area (TPSA) is 134 Å². The molecule has 0 aliphatic carbocycles. The number of rotatable bonds is 8. The van der Waals surface area contributed by atoms with E-state index < -0.39 is 11.9 Å². The number of fused-ring (bicyclic) bond motifs is 2. The number of carbonyl (C=O) groups is 2. The average Bonchev–Trinajstić information content (AvgIpc) is 3.41. The van der Waals surface area contributed by atoms with Gasteiger partial charge in [0.15, 0.2) is 5.75 Å². The molecule has 2 aliphatic rings. The minimum atomic E-state index is -1.26. The molecule has 0 spiro atoms. The molecule has 0 radical (unpaired) electrons. The number of nitrogens with zero attached hydrogens (tertiary/aromatic N) is 3. The fraction of sp³-hybridized carbons (Fsp3) is 0.357. The molecule has 4 heterocycles. The summed E-state index contributed by atoms with van der Waals surface area (Å²) >= 11 is 1.71. The number of piperidine rings is 1. The maximum Gasteiger partial charge on any atom is 0.328 e. The average molecular weight is 571 g/mol. The summed E-state index contributed by atoms with van der Waals surface area (Å²) in [5, 5.41) is 20.2. The fourth-order valence-electron chi connectivity index (χ4n) is 4.74. The second-order valence-electron chi connectivity index (χ2n) is 9.48. The van der Waals surface area contributed by atoms with Crippen LogP contribution in [0.25, 0.3) is 10.9 Å². The van der Waals surface area contributed by atoms with Crippen LogP contribution in [0.4, 0.5) is 4.39 Å². The Morgan fingerprint density at radius 1 is 1.18 bits per heavy atom. The number of ether oxygens (including phenoxy) is 1. The number of carboxylic acids is 2. The standard InChI is InChI=1S/C24H27FN4O2S.C4H4O4/c1-28-23(30)5-3-16-2-4-20(25)19(24(16)28)8-11-29-9-6-17(7-10-29)26-13-18-12-22-21(14-27-18)31-15-32-22;5-3(6)1-2-4(7)8/h2-5,12,14,17,26H,6-11,13,15H2,1H3;1-2H,(H,5,6)(H,7,8)/b;2-1+. The fourth-order valence-corrected chi connectivity index (χ4v) is 5.53. The van der Waals surface area contributed by atoms with Crippen molar-refractivity contribution in [2.45, 2.75) is 36.7 Å². The Kier molecular flexibility index (Phi) is 9.91. The molecule has 3 N–H and O–H groups in total. The number of benzene rings is 1. The number of aryl methyl sites for hydroxylation is 1. The van der Waals surface area contributed by atoms with Crippen molar-refractivity contribution in [1.82, 2.24) is 19.8 Å². The van der Waals surface area contributed by atoms with Crippen molar-refractivity contribution in [3.05, 3.63) is 76.1 Å². The summed E-state index contributed by atoms with van der Waals surface area (Å²) in [7, 11) is 1.71. The Morgan fingerprint density at radius 2 is 1.88 bits per heavy atom. The van der Waals surface area contributed by atoms with Crippen LogP contribution in [0.15, 0.2) is 58.4 Å². The zero-order valence-electron chi connectivity index (χ0n) is 22.0. The second-order valence-corrected chi connectivity index (χ2v) is 10.4. The van der Waals surface area contributed by atoms with Crippen molar-refractivity contribution < 1.29 is 28.9 Å². The highest BCUT2D eigenvalue weighted by Crippen LogP contribution is 2.35. The van der Waals surface area contributed by atoms with E-state index >= 15 is 0 Å². The summed E-state index contributed by atoms with van der Waals surface area (Å²) in [5.41, 5.74) is 2.27. The number of carboxylic acid groups (broad SMARTS) is 2. The highest BCUT2D eigenvalue weighted by atomic mass is 32.2. The third-order valence-corrected chi connectivity index (χ3v) is 7.72. The maximum atomic E-state index is 14.6. The van der Waals surface area contributed by atoms with Crippen molar-refractivity contribution in [2.24, 2.45) is 7.05 Å². The Labute approximate surface area is 234 Å². The van der Waals surface area contributed by atoms with Gasteiger partial charge in [0.2, 0.25) is 0 Å². The van der Waals surface area contributed by atoms with Crippen molar-refractivity contribution >= 4 is 34.6 Å². The van der Waals surface area contributed by atoms with Crippen molar-refractivity contribution in [3.8, 4) is 5.75 Å². The van der Waals surface area contributed by atoms with E-state index in [0.29, 0.717) is 41.6 Å². The Morgan fingerprint density at radius 3 is 2.58 bits per heavy atom. The van der Waals surface area contributed by atoms with Gasteiger partial charge in [0.1, 0.15) is 11.8 Å². The predicted molar refractivity (Wildman–Crippen MR) is 149 cm³/mol. The molecular weight excluding hydrogens is 539 g/mol. The zero-order valence-corrected chi connectivity index (χ0v) is 22.8. The maximum absolute atomic E-state index is 14.6. The van der Waals surface area contributed by atoms with Gasteiger partial charge in [-0.3, -0.25) is 9.78 Å². The first-order valence-corrected chi connectivity index (χ1v) is 13.8. The minimum absolute atomic E-state index is 0.111. The molecule has 2 aliphatic heterocycles. The third-order valence-electron chi connectivity index (χ3n) is 6.85. The molecule has 12 heteroatoms. The molecule has 212 valence electrons. The van der Waals surface area contributed by atoms with Crippen molar-refractivity contribution in [2.75, 3.05) is 25.6 Å². The lowest BCUT2D eigenvalue weighted by atomic mass is 10.0. The van der Waals surface area contributed by atoms with Gasteiger partial charge in [0, 0.05) is 50.0 Å². The highest BCUT2D eigenvalue weighted by Gasteiger charge is 2.21. The molecule has 1 saturated heterocycles. The van der Waals surface area contributed by atoms with E-state index in [9.17, 15) is 18.8 Å². The summed E-state index contributed by atoms with van der Waals surface area (Å²) in [6.07, 6.45) is 5.64. The molecule has 10 nitrogen and oxygen atoms in total. The van der Waals surface area contributed by atoms with Crippen molar-refractivity contribution in [1.29, 1.82) is 0 Å². The van der Waals surface area contributed by atoms with E-state index in [-0.39, 0.29) is 11.4 Å². The Hall–Kier alpha value is -3.74. The predicted octanol–water partition coefficient (Wildman–Crippen LogP) is 3.02. The molecule has 0 unspecified atom stereocenters. The van der Waals surface area contributed by atoms with Gasteiger partial charge in [-0.25, -0.2) is 14.0 Å². The smallest absolute Gasteiger partial charge is 0.328 e. The number of hydrogen-bond acceptors (Lipinski definition) is 8. The number of pyridine rings is 2. The van der Waals surface area contributed by atoms with Gasteiger partial charge < -0.3 is 29.7 Å². The molecule has 5 rings (SSSR count). The van der Waals surface area contributed by atoms with E-state index in [4.69, 9.17) is 14.9 Å². The molecule has 0 saturated carbocycles. The first kappa shape index (κ1) is 29.2. The molecular formula is C28H31FN4O6S. The van der Waals surface area contributed by atoms with Crippen LogP contribution in [0.2, 0.25) is 0 Å². The monoisotopic (exact) mass is 570 g/mol. The van der Waals surface area contributed by atoms with Crippen LogP contribution in [0.1, 0.15) is 24.1 Å². The van der Waals surface area contributed by atoms with Crippen LogP contribution in [-0.2, 0) is 29.6 Å². The van der Waals surface area contributed by atoms with Crippen LogP contribution in [-0.4, -0.2) is 68.2 Å². The molecule has 3 aromatic rings. The van der Waals surface area contributed by atoms with E-state index in [1.54, 1.807) is 35.5 Å². The van der Waals surface area contributed by atoms with E-state index in [1.165, 1.54) is 17.0 Å². The molecule has 0 bridgehead atoms. The largest absolute Gasteiger partial charge is 0.480 e. The Balaban J connectivity index is 0.000000406. The minimum Gasteiger partial charge on any atom is -0.480 e. The summed E-state index contributed by atoms with van der Waals surface area (Å²) in [4.78, 5) is 39.2. The first-order chi connectivity index (χ1) is 19.2. The molecule has 40 heavy (non-hydrogen) atoms. The number of halogens is 1. The van der Waals surface area contributed by atoms with Gasteiger partial charge in [0.05, 0.1) is 22.3 Å². The second kappa shape index (κ2) is 13.6. The molecule has 1 fully saturated rings. The summed E-state index contributed by atoms with van der Waals surface area (Å²) in [6.45, 7) is 3.50. The quantitative estimate of drug-likeness (QED) is 0.347. The van der Waals surface area contributed by atoms with Crippen LogP contribution >= 0.6 is 11.8 Å². The molecule has 0 amide bonds. The van der Waals surface area contributed by atoms with Gasteiger partial charge >= 0.3 is 11.9 Å². The summed E-state index contributed by atoms with van der Waals surface area (Å²) in [5.74, 6) is -1.19. The Bertz CT molecular complexity index is 1450. The van der Waals surface area contributed by atoms with Gasteiger partial charge in [0.25, 0.3) is 5.56 Å². The number of likely N-dealkylation sites (tertiary alicyclic amines) is 1. The number of nitrogens with one attached hydrogen (secondary N) is 1. The molecule has 0 atom stereocenters. The SMILES string of the molecule is Cn1c(=O)ccc2ccc(F)c(CCN3CCC(NCc4cc5c(cn4)OCS5)CC3)c21.O=C(O)/C=C/C(=O)O. The first-order valence-electron chi connectivity index (χ1n) is 12.8. The van der Waals surface area contributed by atoms with Gasteiger partial charge in [-0.15, -0.1) is 0 Å².